The number of ether oxygens (including phenoxy) is 1. The molecule has 1 saturated heterocycles. The van der Waals surface area contributed by atoms with Crippen molar-refractivity contribution in [3.63, 3.8) is 0 Å². The minimum Gasteiger partial charge on any atom is -1.00 e. The molecule has 0 aliphatic carbocycles. The quantitative estimate of drug-likeness (QED) is 0.704. The Balaban J connectivity index is 0.00000225. The van der Waals surface area contributed by atoms with Gasteiger partial charge in [0.1, 0.15) is 17.6 Å². The van der Waals surface area contributed by atoms with Crippen LogP contribution in [0.3, 0.4) is 0 Å². The molecule has 0 radical (unpaired) electrons. The van der Waals surface area contributed by atoms with Crippen LogP contribution in [0.25, 0.3) is 22.1 Å². The molecule has 0 bridgehead atoms. The van der Waals surface area contributed by atoms with E-state index in [4.69, 9.17) is 9.15 Å². The van der Waals surface area contributed by atoms with Gasteiger partial charge in [0.15, 0.2) is 0 Å². The number of aromatic hydroxyl groups is 1. The minimum absolute atomic E-state index is 0. The fourth-order valence-electron chi connectivity index (χ4n) is 3.85. The van der Waals surface area contributed by atoms with Crippen LogP contribution in [0, 0.1) is 0 Å². The van der Waals surface area contributed by atoms with Crippen molar-refractivity contribution >= 4 is 11.0 Å². The summed E-state index contributed by atoms with van der Waals surface area (Å²) < 4.78 is 11.6. The highest BCUT2D eigenvalue weighted by molar-refractivity contribution is 5.85. The third-order valence-electron chi connectivity index (χ3n) is 4.98. The number of nitrogens with zero attached hydrogens (tertiary/aromatic N) is 1. The van der Waals surface area contributed by atoms with E-state index in [9.17, 15) is 9.90 Å². The number of hydrogen-bond donors (Lipinski definition) is 1. The van der Waals surface area contributed by atoms with E-state index < -0.39 is 0 Å². The third kappa shape index (κ3) is 3.92. The Bertz CT molecular complexity index is 1010. The average molecular weight is 401 g/mol. The van der Waals surface area contributed by atoms with E-state index in [0.29, 0.717) is 28.6 Å². The van der Waals surface area contributed by atoms with Crippen molar-refractivity contribution in [2.45, 2.75) is 32.6 Å². The number of morpholine rings is 1. The number of halogens is 1. The Hall–Kier alpha value is -2.34. The summed E-state index contributed by atoms with van der Waals surface area (Å²) in [5.74, 6) is 0.143. The number of phenols is 1. The van der Waals surface area contributed by atoms with Gasteiger partial charge in [-0.15, -0.1) is 0 Å². The molecule has 2 atom stereocenters. The maximum atomic E-state index is 13.0. The first-order valence-electron chi connectivity index (χ1n) is 9.22. The maximum absolute atomic E-state index is 13.0. The van der Waals surface area contributed by atoms with Crippen LogP contribution in [-0.2, 0) is 11.3 Å². The average Bonchev–Trinajstić information content (AvgIpc) is 2.64. The van der Waals surface area contributed by atoms with Crippen molar-refractivity contribution in [2.24, 2.45) is 0 Å². The molecule has 2 aromatic carbocycles. The first-order chi connectivity index (χ1) is 13.0. The third-order valence-corrected chi connectivity index (χ3v) is 4.98. The van der Waals surface area contributed by atoms with Gasteiger partial charge in [-0.1, -0.05) is 30.3 Å². The molecule has 6 heteroatoms. The van der Waals surface area contributed by atoms with Gasteiger partial charge in [0.05, 0.1) is 28.7 Å². The lowest BCUT2D eigenvalue weighted by atomic mass is 10.0. The lowest BCUT2D eigenvalue weighted by Gasteiger charge is -2.35. The number of fused-ring (bicyclic) bond motifs is 1. The van der Waals surface area contributed by atoms with Crippen LogP contribution in [0.15, 0.2) is 57.9 Å². The lowest BCUT2D eigenvalue weighted by Crippen LogP contribution is -3.00. The molecule has 0 saturated carbocycles. The Morgan fingerprint density at radius 2 is 1.75 bits per heavy atom. The van der Waals surface area contributed by atoms with Gasteiger partial charge >= 0.3 is 0 Å². The lowest BCUT2D eigenvalue weighted by molar-refractivity contribution is -0.0705. The molecular formula is C22H23ClNO4-. The van der Waals surface area contributed by atoms with Gasteiger partial charge in [0, 0.05) is 19.6 Å². The van der Waals surface area contributed by atoms with Crippen LogP contribution < -0.4 is 17.8 Å². The topological polar surface area (TPSA) is 62.9 Å². The zero-order valence-electron chi connectivity index (χ0n) is 15.9. The molecule has 1 N–H and O–H groups in total. The van der Waals surface area contributed by atoms with E-state index in [1.54, 1.807) is 12.1 Å². The van der Waals surface area contributed by atoms with Gasteiger partial charge < -0.3 is 26.7 Å². The predicted octanol–water partition coefficient (Wildman–Crippen LogP) is 0.779. The second-order valence-corrected chi connectivity index (χ2v) is 7.24. The van der Waals surface area contributed by atoms with Crippen molar-refractivity contribution in [3.05, 3.63) is 64.5 Å². The molecule has 2 unspecified atom stereocenters. The molecule has 0 amide bonds. The first kappa shape index (κ1) is 20.4. The van der Waals surface area contributed by atoms with E-state index >= 15 is 0 Å². The Kier molecular flexibility index (Phi) is 6.08. The van der Waals surface area contributed by atoms with Gasteiger partial charge in [0.2, 0.25) is 5.43 Å². The Morgan fingerprint density at radius 1 is 1.07 bits per heavy atom. The van der Waals surface area contributed by atoms with Crippen molar-refractivity contribution in [3.8, 4) is 16.9 Å². The van der Waals surface area contributed by atoms with Crippen LogP contribution in [0.2, 0.25) is 0 Å². The molecule has 4 rings (SSSR count). The van der Waals surface area contributed by atoms with Crippen LogP contribution in [0.4, 0.5) is 0 Å². The molecule has 2 heterocycles. The van der Waals surface area contributed by atoms with Gasteiger partial charge in [-0.05, 0) is 31.5 Å². The van der Waals surface area contributed by atoms with Gasteiger partial charge in [0.25, 0.3) is 0 Å². The van der Waals surface area contributed by atoms with Crippen molar-refractivity contribution < 1.29 is 26.7 Å². The van der Waals surface area contributed by atoms with Gasteiger partial charge in [-0.3, -0.25) is 9.69 Å². The molecule has 1 aliphatic rings. The highest BCUT2D eigenvalue weighted by atomic mass is 35.5. The molecule has 0 spiro atoms. The van der Waals surface area contributed by atoms with Crippen LogP contribution in [0.5, 0.6) is 5.75 Å². The van der Waals surface area contributed by atoms with E-state index in [1.165, 1.54) is 6.26 Å². The van der Waals surface area contributed by atoms with Crippen molar-refractivity contribution in [1.82, 2.24) is 4.90 Å². The van der Waals surface area contributed by atoms with Crippen LogP contribution in [-0.4, -0.2) is 35.3 Å². The number of phenolic OH excluding ortho intramolecular Hbond substituents is 1. The van der Waals surface area contributed by atoms with Crippen LogP contribution >= 0.6 is 0 Å². The maximum Gasteiger partial charge on any atom is 0.200 e. The summed E-state index contributed by atoms with van der Waals surface area (Å²) in [5, 5.41) is 10.9. The van der Waals surface area contributed by atoms with E-state index in [-0.39, 0.29) is 35.8 Å². The molecule has 1 aliphatic heterocycles. The molecule has 28 heavy (non-hydrogen) atoms. The molecular weight excluding hydrogens is 378 g/mol. The smallest absolute Gasteiger partial charge is 0.200 e. The highest BCUT2D eigenvalue weighted by Gasteiger charge is 2.24. The summed E-state index contributed by atoms with van der Waals surface area (Å²) in [6.45, 7) is 6.13. The zero-order valence-corrected chi connectivity index (χ0v) is 16.6. The summed E-state index contributed by atoms with van der Waals surface area (Å²) >= 11 is 0. The molecule has 5 nitrogen and oxygen atoms in total. The Morgan fingerprint density at radius 3 is 2.43 bits per heavy atom. The summed E-state index contributed by atoms with van der Waals surface area (Å²) in [5.41, 5.74) is 2.34. The fraction of sp³-hybridized carbons (Fsp3) is 0.318. The summed E-state index contributed by atoms with van der Waals surface area (Å²) in [6.07, 6.45) is 1.75. The van der Waals surface area contributed by atoms with Gasteiger partial charge in [-0.2, -0.15) is 0 Å². The largest absolute Gasteiger partial charge is 1.00 e. The standard InChI is InChI=1S/C22H23NO4.ClH/c1-14-10-23(11-15(2)27-14)12-18-20(24)9-8-17-21(25)19(13-26-22(17)18)16-6-4-3-5-7-16;/h3-9,13-15,24H,10-12H2,1-2H3;1H/p-1. The molecule has 148 valence electrons. The van der Waals surface area contributed by atoms with Crippen molar-refractivity contribution in [1.29, 1.82) is 0 Å². The minimum atomic E-state index is -0.0904. The molecule has 1 fully saturated rings. The summed E-state index contributed by atoms with van der Waals surface area (Å²) in [6, 6.07) is 12.7. The predicted molar refractivity (Wildman–Crippen MR) is 105 cm³/mol. The fourth-order valence-corrected chi connectivity index (χ4v) is 3.85. The monoisotopic (exact) mass is 400 g/mol. The second-order valence-electron chi connectivity index (χ2n) is 7.24. The summed E-state index contributed by atoms with van der Waals surface area (Å²) in [7, 11) is 0. The zero-order chi connectivity index (χ0) is 19.0. The first-order valence-corrected chi connectivity index (χ1v) is 9.22. The molecule has 1 aromatic heterocycles. The van der Waals surface area contributed by atoms with E-state index in [2.05, 4.69) is 4.90 Å². The second kappa shape index (κ2) is 8.35. The Labute approximate surface area is 170 Å². The molecule has 3 aromatic rings. The van der Waals surface area contributed by atoms with Crippen molar-refractivity contribution in [2.75, 3.05) is 13.1 Å². The number of rotatable bonds is 3. The van der Waals surface area contributed by atoms with E-state index in [1.807, 2.05) is 44.2 Å². The highest BCUT2D eigenvalue weighted by Crippen LogP contribution is 2.29. The van der Waals surface area contributed by atoms with Gasteiger partial charge in [-0.25, -0.2) is 0 Å². The summed E-state index contributed by atoms with van der Waals surface area (Å²) in [4.78, 5) is 15.2. The van der Waals surface area contributed by atoms with E-state index in [0.717, 1.165) is 18.7 Å². The number of hydrogen-bond acceptors (Lipinski definition) is 5. The number of benzene rings is 2. The normalized spacial score (nSPS) is 20.1. The van der Waals surface area contributed by atoms with Crippen LogP contribution in [0.1, 0.15) is 19.4 Å². The SMILES string of the molecule is CC1CN(Cc2c(O)ccc3c(=O)c(-c4ccccc4)coc23)CC(C)O1.[Cl-].